The minimum atomic E-state index is -4.65. The van der Waals surface area contributed by atoms with Gasteiger partial charge in [0.25, 0.3) is 0 Å². The van der Waals surface area contributed by atoms with E-state index in [1.54, 1.807) is 12.1 Å². The van der Waals surface area contributed by atoms with Gasteiger partial charge in [0, 0.05) is 30.6 Å². The molecule has 0 saturated heterocycles. The standard InChI is InChI=1S/C19H18ClF3N2O2/c1-12-3-6-15(7-4-12)25(13(2)26)10-9-18(27)24-17-8-5-14(20)11-16(17)19(21,22)23/h3-8,11H,9-10H2,1-2H3,(H,24,27). The summed E-state index contributed by atoms with van der Waals surface area (Å²) in [6.45, 7) is 3.30. The maximum Gasteiger partial charge on any atom is 0.418 e. The van der Waals surface area contributed by atoms with Crippen LogP contribution in [0.1, 0.15) is 24.5 Å². The second kappa shape index (κ2) is 8.43. The van der Waals surface area contributed by atoms with Gasteiger partial charge < -0.3 is 10.2 Å². The van der Waals surface area contributed by atoms with Crippen molar-refractivity contribution in [2.24, 2.45) is 0 Å². The summed E-state index contributed by atoms with van der Waals surface area (Å²) in [5.41, 5.74) is 0.234. The second-order valence-corrected chi connectivity index (χ2v) is 6.43. The first-order valence-electron chi connectivity index (χ1n) is 8.09. The third kappa shape index (κ3) is 5.72. The number of amides is 2. The highest BCUT2D eigenvalue weighted by atomic mass is 35.5. The molecule has 0 spiro atoms. The van der Waals surface area contributed by atoms with Crippen LogP contribution in [0.25, 0.3) is 0 Å². The third-order valence-corrected chi connectivity index (χ3v) is 4.08. The Morgan fingerprint density at radius 1 is 1.11 bits per heavy atom. The number of nitrogens with zero attached hydrogens (tertiary/aromatic N) is 1. The summed E-state index contributed by atoms with van der Waals surface area (Å²) in [7, 11) is 0. The molecule has 1 N–H and O–H groups in total. The average Bonchev–Trinajstić information content (AvgIpc) is 2.57. The summed E-state index contributed by atoms with van der Waals surface area (Å²) in [5, 5.41) is 2.16. The largest absolute Gasteiger partial charge is 0.418 e. The lowest BCUT2D eigenvalue weighted by molar-refractivity contribution is -0.137. The van der Waals surface area contributed by atoms with Gasteiger partial charge in [-0.2, -0.15) is 13.2 Å². The van der Waals surface area contributed by atoms with Crippen LogP contribution >= 0.6 is 11.6 Å². The number of aryl methyl sites for hydroxylation is 1. The normalized spacial score (nSPS) is 11.2. The molecule has 0 saturated carbocycles. The molecule has 0 aliphatic rings. The van der Waals surface area contributed by atoms with Crippen LogP contribution in [0.15, 0.2) is 42.5 Å². The fraction of sp³-hybridized carbons (Fsp3) is 0.263. The maximum absolute atomic E-state index is 13.1. The highest BCUT2D eigenvalue weighted by Gasteiger charge is 2.34. The number of halogens is 4. The van der Waals surface area contributed by atoms with E-state index < -0.39 is 17.6 Å². The summed E-state index contributed by atoms with van der Waals surface area (Å²) < 4.78 is 39.3. The number of carbonyl (C=O) groups excluding carboxylic acids is 2. The van der Waals surface area contributed by atoms with E-state index in [9.17, 15) is 22.8 Å². The predicted molar refractivity (Wildman–Crippen MR) is 98.9 cm³/mol. The molecule has 2 aromatic carbocycles. The average molecular weight is 399 g/mol. The summed E-state index contributed by atoms with van der Waals surface area (Å²) in [4.78, 5) is 25.4. The Bertz CT molecular complexity index is 836. The van der Waals surface area contributed by atoms with E-state index in [2.05, 4.69) is 5.32 Å². The molecule has 0 bridgehead atoms. The molecule has 2 rings (SSSR count). The van der Waals surface area contributed by atoms with E-state index in [4.69, 9.17) is 11.6 Å². The summed E-state index contributed by atoms with van der Waals surface area (Å²) in [5.74, 6) is -0.907. The van der Waals surface area contributed by atoms with Crippen molar-refractivity contribution in [3.8, 4) is 0 Å². The van der Waals surface area contributed by atoms with Crippen molar-refractivity contribution in [1.82, 2.24) is 0 Å². The molecule has 0 heterocycles. The molecular weight excluding hydrogens is 381 g/mol. The highest BCUT2D eigenvalue weighted by Crippen LogP contribution is 2.36. The van der Waals surface area contributed by atoms with Crippen LogP contribution in [0, 0.1) is 6.92 Å². The Labute approximate surface area is 159 Å². The molecule has 27 heavy (non-hydrogen) atoms. The van der Waals surface area contributed by atoms with Crippen molar-refractivity contribution in [2.75, 3.05) is 16.8 Å². The Morgan fingerprint density at radius 2 is 1.74 bits per heavy atom. The molecule has 0 aliphatic carbocycles. The van der Waals surface area contributed by atoms with E-state index in [-0.39, 0.29) is 29.6 Å². The number of carbonyl (C=O) groups is 2. The van der Waals surface area contributed by atoms with Crippen molar-refractivity contribution in [3.63, 3.8) is 0 Å². The van der Waals surface area contributed by atoms with Gasteiger partial charge in [-0.25, -0.2) is 0 Å². The predicted octanol–water partition coefficient (Wildman–Crippen LogP) is 5.05. The van der Waals surface area contributed by atoms with Gasteiger partial charge in [-0.1, -0.05) is 29.3 Å². The summed E-state index contributed by atoms with van der Waals surface area (Å²) in [6.07, 6.45) is -4.81. The Kier molecular flexibility index (Phi) is 6.49. The zero-order chi connectivity index (χ0) is 20.2. The van der Waals surface area contributed by atoms with Crippen LogP contribution in [0.2, 0.25) is 5.02 Å². The lowest BCUT2D eigenvalue weighted by Crippen LogP contribution is -2.32. The van der Waals surface area contributed by atoms with Crippen LogP contribution in [-0.2, 0) is 15.8 Å². The molecule has 0 atom stereocenters. The number of benzene rings is 2. The molecular formula is C19H18ClF3N2O2. The number of nitrogens with one attached hydrogen (secondary N) is 1. The minimum absolute atomic E-state index is 0.0408. The molecule has 0 aromatic heterocycles. The first-order chi connectivity index (χ1) is 12.6. The molecule has 144 valence electrons. The van der Waals surface area contributed by atoms with Crippen molar-refractivity contribution in [3.05, 3.63) is 58.6 Å². The monoisotopic (exact) mass is 398 g/mol. The van der Waals surface area contributed by atoms with Crippen molar-refractivity contribution >= 4 is 34.8 Å². The Morgan fingerprint density at radius 3 is 2.30 bits per heavy atom. The quantitative estimate of drug-likeness (QED) is 0.766. The molecule has 0 radical (unpaired) electrons. The van der Waals surface area contributed by atoms with E-state index in [1.165, 1.54) is 17.9 Å². The van der Waals surface area contributed by atoms with E-state index in [0.717, 1.165) is 17.7 Å². The van der Waals surface area contributed by atoms with E-state index in [0.29, 0.717) is 5.69 Å². The van der Waals surface area contributed by atoms with Gasteiger partial charge >= 0.3 is 6.18 Å². The lowest BCUT2D eigenvalue weighted by atomic mass is 10.1. The van der Waals surface area contributed by atoms with E-state index >= 15 is 0 Å². The molecule has 0 fully saturated rings. The van der Waals surface area contributed by atoms with Crippen molar-refractivity contribution in [2.45, 2.75) is 26.4 Å². The SMILES string of the molecule is CC(=O)N(CCC(=O)Nc1ccc(Cl)cc1C(F)(F)F)c1ccc(C)cc1. The smallest absolute Gasteiger partial charge is 0.325 e. The number of hydrogen-bond acceptors (Lipinski definition) is 2. The topological polar surface area (TPSA) is 49.4 Å². The minimum Gasteiger partial charge on any atom is -0.325 e. The zero-order valence-electron chi connectivity index (χ0n) is 14.7. The summed E-state index contributed by atoms with van der Waals surface area (Å²) in [6, 6.07) is 10.3. The van der Waals surface area contributed by atoms with Crippen LogP contribution in [0.5, 0.6) is 0 Å². The Balaban J connectivity index is 2.09. The second-order valence-electron chi connectivity index (χ2n) is 5.99. The highest BCUT2D eigenvalue weighted by molar-refractivity contribution is 6.30. The van der Waals surface area contributed by atoms with Crippen LogP contribution in [-0.4, -0.2) is 18.4 Å². The summed E-state index contributed by atoms with van der Waals surface area (Å²) >= 11 is 5.62. The molecule has 2 aromatic rings. The van der Waals surface area contributed by atoms with Crippen molar-refractivity contribution < 1.29 is 22.8 Å². The van der Waals surface area contributed by atoms with Gasteiger partial charge in [0.2, 0.25) is 11.8 Å². The number of anilines is 2. The molecule has 2 amide bonds. The van der Waals surface area contributed by atoms with Gasteiger partial charge in [0.1, 0.15) is 0 Å². The molecule has 8 heteroatoms. The number of alkyl halides is 3. The molecule has 4 nitrogen and oxygen atoms in total. The van der Waals surface area contributed by atoms with Crippen molar-refractivity contribution in [1.29, 1.82) is 0 Å². The first-order valence-corrected chi connectivity index (χ1v) is 8.47. The molecule has 0 aliphatic heterocycles. The van der Waals surface area contributed by atoms with Gasteiger partial charge in [-0.3, -0.25) is 9.59 Å². The van der Waals surface area contributed by atoms with Crippen LogP contribution in [0.4, 0.5) is 24.5 Å². The van der Waals surface area contributed by atoms with Gasteiger partial charge in [0.05, 0.1) is 11.3 Å². The van der Waals surface area contributed by atoms with Gasteiger partial charge in [-0.15, -0.1) is 0 Å². The van der Waals surface area contributed by atoms with Gasteiger partial charge in [0.15, 0.2) is 0 Å². The third-order valence-electron chi connectivity index (χ3n) is 3.85. The van der Waals surface area contributed by atoms with Gasteiger partial charge in [-0.05, 0) is 37.3 Å². The lowest BCUT2D eigenvalue weighted by Gasteiger charge is -2.21. The Hall–Kier alpha value is -2.54. The van der Waals surface area contributed by atoms with E-state index in [1.807, 2.05) is 19.1 Å². The fourth-order valence-corrected chi connectivity index (χ4v) is 2.65. The zero-order valence-corrected chi connectivity index (χ0v) is 15.5. The first kappa shape index (κ1) is 20.8. The maximum atomic E-state index is 13.1. The van der Waals surface area contributed by atoms with Crippen LogP contribution < -0.4 is 10.2 Å². The number of hydrogen-bond donors (Lipinski definition) is 1. The molecule has 0 unspecified atom stereocenters. The fourth-order valence-electron chi connectivity index (χ4n) is 2.48. The number of rotatable bonds is 5. The van der Waals surface area contributed by atoms with Crippen LogP contribution in [0.3, 0.4) is 0 Å².